The highest BCUT2D eigenvalue weighted by molar-refractivity contribution is 5.83. The molecule has 1 amide bonds. The highest BCUT2D eigenvalue weighted by atomic mass is 16.5. The number of nitrogens with one attached hydrogen (secondary N) is 1. The molecule has 0 spiro atoms. The lowest BCUT2D eigenvalue weighted by Crippen LogP contribution is -2.34. The van der Waals surface area contributed by atoms with E-state index < -0.39 is 0 Å². The van der Waals surface area contributed by atoms with E-state index in [2.05, 4.69) is 10.4 Å². The number of hydrogen-bond acceptors (Lipinski definition) is 4. The van der Waals surface area contributed by atoms with Gasteiger partial charge in [0, 0.05) is 11.9 Å². The summed E-state index contributed by atoms with van der Waals surface area (Å²) in [5.41, 5.74) is 0.470. The van der Waals surface area contributed by atoms with Crippen LogP contribution in [0.15, 0.2) is 59.4 Å². The summed E-state index contributed by atoms with van der Waals surface area (Å²) in [6, 6.07) is 16.8. The van der Waals surface area contributed by atoms with Gasteiger partial charge in [-0.3, -0.25) is 9.59 Å². The molecule has 6 nitrogen and oxygen atoms in total. The average molecular weight is 351 g/mol. The van der Waals surface area contributed by atoms with Gasteiger partial charge in [0.05, 0.1) is 17.7 Å². The Bertz CT molecular complexity index is 951. The van der Waals surface area contributed by atoms with Crippen LogP contribution in [-0.4, -0.2) is 28.8 Å². The fourth-order valence-electron chi connectivity index (χ4n) is 2.71. The minimum atomic E-state index is -0.256. The van der Waals surface area contributed by atoms with Crippen LogP contribution in [0.4, 0.5) is 0 Å². The molecule has 0 aliphatic heterocycles. The van der Waals surface area contributed by atoms with Gasteiger partial charge in [0.1, 0.15) is 12.3 Å². The predicted molar refractivity (Wildman–Crippen MR) is 100 cm³/mol. The van der Waals surface area contributed by atoms with Gasteiger partial charge in [0.15, 0.2) is 0 Å². The molecule has 0 bridgehead atoms. The summed E-state index contributed by atoms with van der Waals surface area (Å²) in [4.78, 5) is 24.5. The zero-order valence-corrected chi connectivity index (χ0v) is 14.6. The van der Waals surface area contributed by atoms with Crippen molar-refractivity contribution in [3.8, 4) is 5.75 Å². The van der Waals surface area contributed by atoms with Gasteiger partial charge in [-0.25, -0.2) is 4.68 Å². The standard InChI is InChI=1S/C20H21N3O3/c1-15-17-10-5-6-11-18(17)20(25)23(22-15)14-19(24)21-12-7-13-26-16-8-3-2-4-9-16/h2-6,8-11H,7,12-14H2,1H3,(H,21,24). The lowest BCUT2D eigenvalue weighted by Gasteiger charge is -2.10. The molecule has 0 saturated heterocycles. The van der Waals surface area contributed by atoms with E-state index in [1.54, 1.807) is 12.1 Å². The number of aryl methyl sites for hydroxylation is 1. The average Bonchev–Trinajstić information content (AvgIpc) is 2.66. The van der Waals surface area contributed by atoms with Crippen molar-refractivity contribution < 1.29 is 9.53 Å². The van der Waals surface area contributed by atoms with Gasteiger partial charge in [0.2, 0.25) is 5.91 Å². The summed E-state index contributed by atoms with van der Waals surface area (Å²) >= 11 is 0. The molecular formula is C20H21N3O3. The first-order chi connectivity index (χ1) is 12.6. The van der Waals surface area contributed by atoms with Crippen LogP contribution >= 0.6 is 0 Å². The molecule has 3 aromatic rings. The van der Waals surface area contributed by atoms with E-state index in [0.717, 1.165) is 16.8 Å². The molecule has 0 unspecified atom stereocenters. The van der Waals surface area contributed by atoms with E-state index in [-0.39, 0.29) is 18.0 Å². The number of fused-ring (bicyclic) bond motifs is 1. The summed E-state index contributed by atoms with van der Waals surface area (Å²) in [5.74, 6) is 0.565. The maximum atomic E-state index is 12.4. The van der Waals surface area contributed by atoms with Gasteiger partial charge in [-0.15, -0.1) is 0 Å². The first-order valence-electron chi connectivity index (χ1n) is 8.56. The van der Waals surface area contributed by atoms with Gasteiger partial charge in [-0.1, -0.05) is 36.4 Å². The molecule has 3 rings (SSSR count). The van der Waals surface area contributed by atoms with Crippen molar-refractivity contribution in [1.82, 2.24) is 15.1 Å². The number of hydrogen-bond donors (Lipinski definition) is 1. The number of carbonyl (C=O) groups is 1. The third-order valence-electron chi connectivity index (χ3n) is 4.00. The number of benzene rings is 2. The van der Waals surface area contributed by atoms with Crippen LogP contribution in [0.2, 0.25) is 0 Å². The summed E-state index contributed by atoms with van der Waals surface area (Å²) < 4.78 is 6.79. The lowest BCUT2D eigenvalue weighted by atomic mass is 10.1. The zero-order valence-electron chi connectivity index (χ0n) is 14.6. The molecule has 0 aliphatic carbocycles. The fourth-order valence-corrected chi connectivity index (χ4v) is 2.71. The minimum Gasteiger partial charge on any atom is -0.494 e. The molecule has 6 heteroatoms. The van der Waals surface area contributed by atoms with Crippen LogP contribution < -0.4 is 15.6 Å². The van der Waals surface area contributed by atoms with Gasteiger partial charge >= 0.3 is 0 Å². The molecule has 0 fully saturated rings. The zero-order chi connectivity index (χ0) is 18.4. The molecule has 26 heavy (non-hydrogen) atoms. The minimum absolute atomic E-state index is 0.0932. The molecule has 0 aliphatic rings. The van der Waals surface area contributed by atoms with E-state index in [0.29, 0.717) is 25.0 Å². The second-order valence-electron chi connectivity index (χ2n) is 5.96. The van der Waals surface area contributed by atoms with Gasteiger partial charge in [-0.2, -0.15) is 5.10 Å². The Morgan fingerprint density at radius 1 is 1.08 bits per heavy atom. The fraction of sp³-hybridized carbons (Fsp3) is 0.250. The number of nitrogens with zero attached hydrogens (tertiary/aromatic N) is 2. The predicted octanol–water partition coefficient (Wildman–Crippen LogP) is 2.29. The third kappa shape index (κ3) is 4.27. The second kappa shape index (κ2) is 8.29. The quantitative estimate of drug-likeness (QED) is 0.663. The summed E-state index contributed by atoms with van der Waals surface area (Å²) in [7, 11) is 0. The monoisotopic (exact) mass is 351 g/mol. The number of amides is 1. The Balaban J connectivity index is 1.51. The third-order valence-corrected chi connectivity index (χ3v) is 4.00. The van der Waals surface area contributed by atoms with Gasteiger partial charge in [0.25, 0.3) is 5.56 Å². The normalized spacial score (nSPS) is 10.7. The Labute approximate surface area is 151 Å². The first-order valence-corrected chi connectivity index (χ1v) is 8.56. The Morgan fingerprint density at radius 2 is 1.77 bits per heavy atom. The molecule has 0 atom stereocenters. The van der Waals surface area contributed by atoms with Crippen LogP contribution in [0.5, 0.6) is 5.75 Å². The van der Waals surface area contributed by atoms with Gasteiger partial charge in [-0.05, 0) is 31.5 Å². The number of aromatic nitrogens is 2. The maximum absolute atomic E-state index is 12.4. The van der Waals surface area contributed by atoms with Crippen molar-refractivity contribution in [3.63, 3.8) is 0 Å². The number of rotatable bonds is 7. The largest absolute Gasteiger partial charge is 0.494 e. The van der Waals surface area contributed by atoms with Crippen molar-refractivity contribution in [2.75, 3.05) is 13.2 Å². The highest BCUT2D eigenvalue weighted by Gasteiger charge is 2.10. The lowest BCUT2D eigenvalue weighted by molar-refractivity contribution is -0.121. The topological polar surface area (TPSA) is 73.2 Å². The van der Waals surface area contributed by atoms with E-state index >= 15 is 0 Å². The van der Waals surface area contributed by atoms with Crippen molar-refractivity contribution >= 4 is 16.7 Å². The van der Waals surface area contributed by atoms with E-state index in [1.807, 2.05) is 49.4 Å². The molecule has 1 aromatic heterocycles. The Kier molecular flexibility index (Phi) is 5.63. The smallest absolute Gasteiger partial charge is 0.275 e. The van der Waals surface area contributed by atoms with E-state index in [1.165, 1.54) is 4.68 Å². The summed E-state index contributed by atoms with van der Waals surface area (Å²) in [6.45, 7) is 2.73. The molecule has 0 saturated carbocycles. The molecule has 1 N–H and O–H groups in total. The van der Waals surface area contributed by atoms with Crippen LogP contribution in [0, 0.1) is 6.92 Å². The van der Waals surface area contributed by atoms with Crippen molar-refractivity contribution in [2.24, 2.45) is 0 Å². The molecule has 2 aromatic carbocycles. The summed E-state index contributed by atoms with van der Waals surface area (Å²) in [6.07, 6.45) is 0.680. The van der Waals surface area contributed by atoms with Gasteiger partial charge < -0.3 is 10.1 Å². The molecule has 134 valence electrons. The molecular weight excluding hydrogens is 330 g/mol. The Morgan fingerprint density at radius 3 is 2.54 bits per heavy atom. The first kappa shape index (κ1) is 17.7. The molecule has 1 heterocycles. The number of ether oxygens (including phenoxy) is 1. The van der Waals surface area contributed by atoms with E-state index in [9.17, 15) is 9.59 Å². The van der Waals surface area contributed by atoms with Crippen LogP contribution in [-0.2, 0) is 11.3 Å². The SMILES string of the molecule is Cc1nn(CC(=O)NCCCOc2ccccc2)c(=O)c2ccccc12. The summed E-state index contributed by atoms with van der Waals surface area (Å²) in [5, 5.41) is 8.42. The number of carbonyl (C=O) groups excluding carboxylic acids is 1. The van der Waals surface area contributed by atoms with Crippen molar-refractivity contribution in [1.29, 1.82) is 0 Å². The van der Waals surface area contributed by atoms with Crippen LogP contribution in [0.25, 0.3) is 10.8 Å². The highest BCUT2D eigenvalue weighted by Crippen LogP contribution is 2.11. The second-order valence-corrected chi connectivity index (χ2v) is 5.96. The Hall–Kier alpha value is -3.15. The molecule has 0 radical (unpaired) electrons. The van der Waals surface area contributed by atoms with Crippen molar-refractivity contribution in [3.05, 3.63) is 70.6 Å². The van der Waals surface area contributed by atoms with Crippen LogP contribution in [0.3, 0.4) is 0 Å². The maximum Gasteiger partial charge on any atom is 0.275 e. The van der Waals surface area contributed by atoms with Crippen molar-refractivity contribution in [2.45, 2.75) is 19.9 Å². The number of para-hydroxylation sites is 1. The van der Waals surface area contributed by atoms with Crippen LogP contribution in [0.1, 0.15) is 12.1 Å². The van der Waals surface area contributed by atoms with E-state index in [4.69, 9.17) is 4.74 Å².